The minimum absolute atomic E-state index is 0.419. The lowest BCUT2D eigenvalue weighted by molar-refractivity contribution is 1.11. The molecule has 0 radical (unpaired) electrons. The van der Waals surface area contributed by atoms with E-state index in [-0.39, 0.29) is 0 Å². The van der Waals surface area contributed by atoms with Gasteiger partial charge in [-0.3, -0.25) is 0 Å². The van der Waals surface area contributed by atoms with Gasteiger partial charge >= 0.3 is 0 Å². The van der Waals surface area contributed by atoms with Crippen molar-refractivity contribution in [2.75, 3.05) is 0 Å². The van der Waals surface area contributed by atoms with Gasteiger partial charge in [0.05, 0.1) is 4.20 Å². The molecule has 92 valence electrons. The molecule has 2 aromatic carbocycles. The molecule has 0 aliphatic heterocycles. The zero-order valence-electron chi connectivity index (χ0n) is 10.4. The first kappa shape index (κ1) is 13.3. The smallest absolute Gasteiger partial charge is 0.0528 e. The molecule has 0 spiro atoms. The van der Waals surface area contributed by atoms with Gasteiger partial charge in [0.25, 0.3) is 0 Å². The van der Waals surface area contributed by atoms with Crippen molar-refractivity contribution >= 4 is 28.2 Å². The molecular weight excluding hydrogens is 256 g/mol. The molecule has 18 heavy (non-hydrogen) atoms. The molecule has 0 nitrogen and oxygen atoms in total. The average Bonchev–Trinajstić information content (AvgIpc) is 2.40. The largest absolute Gasteiger partial charge is 0.111 e. The van der Waals surface area contributed by atoms with Gasteiger partial charge in [-0.15, -0.1) is 11.8 Å². The molecule has 0 amide bonds. The van der Waals surface area contributed by atoms with Crippen molar-refractivity contribution in [2.24, 2.45) is 0 Å². The van der Waals surface area contributed by atoms with Crippen molar-refractivity contribution in [2.45, 2.75) is 18.6 Å². The van der Waals surface area contributed by atoms with Crippen LogP contribution >= 0.6 is 24.0 Å². The number of thioether (sulfide) groups is 1. The number of thiocarbonyl (C=S) groups is 1. The van der Waals surface area contributed by atoms with Crippen LogP contribution in [0, 0.1) is 0 Å². The van der Waals surface area contributed by atoms with E-state index in [1.54, 1.807) is 11.8 Å². The van der Waals surface area contributed by atoms with Crippen LogP contribution in [-0.2, 0) is 6.42 Å². The van der Waals surface area contributed by atoms with Gasteiger partial charge in [0, 0.05) is 11.7 Å². The lowest BCUT2D eigenvalue weighted by atomic mass is 10.2. The Balaban J connectivity index is 1.92. The summed E-state index contributed by atoms with van der Waals surface area (Å²) in [5, 5.41) is 0.419. The Labute approximate surface area is 118 Å². The lowest BCUT2D eigenvalue weighted by Gasteiger charge is -2.12. The van der Waals surface area contributed by atoms with Gasteiger partial charge in [-0.1, -0.05) is 72.9 Å². The molecule has 1 unspecified atom stereocenters. The topological polar surface area (TPSA) is 0 Å². The number of rotatable bonds is 4. The Morgan fingerprint density at radius 1 is 1.00 bits per heavy atom. The van der Waals surface area contributed by atoms with Crippen LogP contribution in [0.3, 0.4) is 0 Å². The van der Waals surface area contributed by atoms with E-state index >= 15 is 0 Å². The van der Waals surface area contributed by atoms with Crippen LogP contribution in [0.15, 0.2) is 60.7 Å². The molecule has 0 saturated heterocycles. The fourth-order valence-corrected chi connectivity index (χ4v) is 3.33. The van der Waals surface area contributed by atoms with Gasteiger partial charge < -0.3 is 0 Å². The first-order valence-electron chi connectivity index (χ1n) is 6.04. The standard InChI is InChI=1S/C16H16S2/c1-13(15-10-6-3-7-11-15)18-16(17)12-14-8-4-2-5-9-14/h2-11,13H,12H2,1H3. The van der Waals surface area contributed by atoms with Crippen molar-refractivity contribution in [3.05, 3.63) is 71.8 Å². The second-order valence-electron chi connectivity index (χ2n) is 4.21. The van der Waals surface area contributed by atoms with Crippen LogP contribution in [0.25, 0.3) is 0 Å². The summed E-state index contributed by atoms with van der Waals surface area (Å²) in [6.07, 6.45) is 0.873. The highest BCUT2D eigenvalue weighted by molar-refractivity contribution is 8.23. The molecule has 2 aromatic rings. The van der Waals surface area contributed by atoms with Gasteiger partial charge in [-0.2, -0.15) is 0 Å². The number of benzene rings is 2. The summed E-state index contributed by atoms with van der Waals surface area (Å²) >= 11 is 7.25. The van der Waals surface area contributed by atoms with E-state index in [1.807, 2.05) is 12.1 Å². The van der Waals surface area contributed by atoms with Crippen LogP contribution < -0.4 is 0 Å². The summed E-state index contributed by atoms with van der Waals surface area (Å²) in [7, 11) is 0. The molecular formula is C16H16S2. The molecule has 0 N–H and O–H groups in total. The van der Waals surface area contributed by atoms with E-state index < -0.39 is 0 Å². The highest BCUT2D eigenvalue weighted by Crippen LogP contribution is 2.30. The molecule has 0 aromatic heterocycles. The first-order chi connectivity index (χ1) is 8.75. The lowest BCUT2D eigenvalue weighted by Crippen LogP contribution is -1.98. The highest BCUT2D eigenvalue weighted by atomic mass is 32.2. The van der Waals surface area contributed by atoms with Gasteiger partial charge in [0.2, 0.25) is 0 Å². The van der Waals surface area contributed by atoms with E-state index in [0.717, 1.165) is 10.6 Å². The van der Waals surface area contributed by atoms with E-state index in [1.165, 1.54) is 11.1 Å². The molecule has 0 aliphatic carbocycles. The van der Waals surface area contributed by atoms with Gasteiger partial charge in [-0.25, -0.2) is 0 Å². The van der Waals surface area contributed by atoms with Gasteiger partial charge in [-0.05, 0) is 18.1 Å². The van der Waals surface area contributed by atoms with Crippen LogP contribution in [0.4, 0.5) is 0 Å². The number of hydrogen-bond acceptors (Lipinski definition) is 2. The van der Waals surface area contributed by atoms with Crippen LogP contribution in [0.1, 0.15) is 23.3 Å². The van der Waals surface area contributed by atoms with Gasteiger partial charge in [0.1, 0.15) is 0 Å². The fraction of sp³-hybridized carbons (Fsp3) is 0.188. The van der Waals surface area contributed by atoms with Crippen molar-refractivity contribution in [3.8, 4) is 0 Å². The van der Waals surface area contributed by atoms with Crippen LogP contribution in [0.5, 0.6) is 0 Å². The van der Waals surface area contributed by atoms with Crippen molar-refractivity contribution in [1.82, 2.24) is 0 Å². The predicted octanol–water partition coefficient (Wildman–Crippen LogP) is 5.05. The maximum Gasteiger partial charge on any atom is 0.0528 e. The third-order valence-corrected chi connectivity index (χ3v) is 4.23. The normalized spacial score (nSPS) is 12.1. The maximum atomic E-state index is 5.48. The zero-order valence-corrected chi connectivity index (χ0v) is 12.0. The Morgan fingerprint density at radius 3 is 2.17 bits per heavy atom. The molecule has 0 aliphatic rings. The van der Waals surface area contributed by atoms with E-state index in [0.29, 0.717) is 5.25 Å². The fourth-order valence-electron chi connectivity index (χ4n) is 1.79. The minimum Gasteiger partial charge on any atom is -0.111 e. The maximum absolute atomic E-state index is 5.48. The highest BCUT2D eigenvalue weighted by Gasteiger charge is 2.09. The van der Waals surface area contributed by atoms with Crippen molar-refractivity contribution < 1.29 is 0 Å². The quantitative estimate of drug-likeness (QED) is 0.714. The molecule has 2 rings (SSSR count). The SMILES string of the molecule is CC(SC(=S)Cc1ccccc1)c1ccccc1. The second kappa shape index (κ2) is 6.72. The molecule has 0 saturated carbocycles. The Bertz CT molecular complexity index is 491. The summed E-state index contributed by atoms with van der Waals surface area (Å²) < 4.78 is 1.05. The average molecular weight is 272 g/mol. The van der Waals surface area contributed by atoms with Gasteiger partial charge in [0.15, 0.2) is 0 Å². The summed E-state index contributed by atoms with van der Waals surface area (Å²) in [6.45, 7) is 2.21. The molecule has 2 heteroatoms. The van der Waals surface area contributed by atoms with Crippen LogP contribution in [0.2, 0.25) is 0 Å². The Morgan fingerprint density at radius 2 is 1.56 bits per heavy atom. The molecule has 0 bridgehead atoms. The third-order valence-electron chi connectivity index (χ3n) is 2.77. The zero-order chi connectivity index (χ0) is 12.8. The van der Waals surface area contributed by atoms with Crippen LogP contribution in [-0.4, -0.2) is 4.20 Å². The van der Waals surface area contributed by atoms with Crippen molar-refractivity contribution in [1.29, 1.82) is 0 Å². The Hall–Kier alpha value is -1.12. The van der Waals surface area contributed by atoms with E-state index in [9.17, 15) is 0 Å². The van der Waals surface area contributed by atoms with Crippen molar-refractivity contribution in [3.63, 3.8) is 0 Å². The number of hydrogen-bond donors (Lipinski definition) is 0. The molecule has 0 heterocycles. The summed E-state index contributed by atoms with van der Waals surface area (Å²) in [5.74, 6) is 0. The monoisotopic (exact) mass is 272 g/mol. The van der Waals surface area contributed by atoms with E-state index in [4.69, 9.17) is 12.2 Å². The summed E-state index contributed by atoms with van der Waals surface area (Å²) in [5.41, 5.74) is 2.62. The third kappa shape index (κ3) is 3.97. The summed E-state index contributed by atoms with van der Waals surface area (Å²) in [6, 6.07) is 20.9. The Kier molecular flexibility index (Phi) is 4.97. The molecule has 1 atom stereocenters. The first-order valence-corrected chi connectivity index (χ1v) is 7.33. The second-order valence-corrected chi connectivity index (χ2v) is 6.39. The summed E-state index contributed by atoms with van der Waals surface area (Å²) in [4.78, 5) is 0. The minimum atomic E-state index is 0.419. The molecule has 0 fully saturated rings. The van der Waals surface area contributed by atoms with E-state index in [2.05, 4.69) is 55.5 Å². The predicted molar refractivity (Wildman–Crippen MR) is 85.2 cm³/mol.